The van der Waals surface area contributed by atoms with Crippen LogP contribution in [-0.2, 0) is 6.42 Å². The van der Waals surface area contributed by atoms with Crippen LogP contribution in [0.1, 0.15) is 31.2 Å². The number of hydrogen-bond donors (Lipinski definition) is 2. The molecule has 118 valence electrons. The summed E-state index contributed by atoms with van der Waals surface area (Å²) in [5.74, 6) is 0.389. The minimum absolute atomic E-state index is 0.111. The van der Waals surface area contributed by atoms with Gasteiger partial charge in [0.15, 0.2) is 0 Å². The Kier molecular flexibility index (Phi) is 5.79. The minimum Gasteiger partial charge on any atom is -0.396 e. The van der Waals surface area contributed by atoms with Gasteiger partial charge in [-0.25, -0.2) is 4.79 Å². The van der Waals surface area contributed by atoms with Crippen LogP contribution < -0.4 is 5.32 Å². The van der Waals surface area contributed by atoms with Crippen LogP contribution in [-0.4, -0.2) is 35.7 Å². The number of hydrogen-bond acceptors (Lipinski definition) is 3. The first-order chi connectivity index (χ1) is 10.6. The molecule has 2 amide bonds. The molecule has 5 nitrogen and oxygen atoms in total. The highest BCUT2D eigenvalue weighted by Crippen LogP contribution is 2.27. The van der Waals surface area contributed by atoms with Gasteiger partial charge in [0.05, 0.1) is 12.5 Å². The number of aliphatic hydroxyl groups is 1. The van der Waals surface area contributed by atoms with Gasteiger partial charge in [0.1, 0.15) is 0 Å². The summed E-state index contributed by atoms with van der Waals surface area (Å²) < 4.78 is 0. The molecule has 0 radical (unpaired) electrons. The van der Waals surface area contributed by atoms with Crippen molar-refractivity contribution in [3.8, 4) is 6.07 Å². The Morgan fingerprint density at radius 2 is 1.95 bits per heavy atom. The molecule has 5 heteroatoms. The Morgan fingerprint density at radius 1 is 1.32 bits per heavy atom. The number of carbonyl (C=O) groups is 1. The highest BCUT2D eigenvalue weighted by Gasteiger charge is 2.26. The number of aliphatic hydroxyl groups excluding tert-OH is 1. The van der Waals surface area contributed by atoms with Gasteiger partial charge in [-0.05, 0) is 49.3 Å². The van der Waals surface area contributed by atoms with Gasteiger partial charge in [-0.3, -0.25) is 0 Å². The van der Waals surface area contributed by atoms with Crippen molar-refractivity contribution < 1.29 is 9.90 Å². The highest BCUT2D eigenvalue weighted by molar-refractivity contribution is 5.89. The summed E-state index contributed by atoms with van der Waals surface area (Å²) in [5.41, 5.74) is 1.68. The number of benzene rings is 1. The third kappa shape index (κ3) is 4.22. The third-order valence-corrected chi connectivity index (χ3v) is 4.43. The van der Waals surface area contributed by atoms with E-state index in [9.17, 15) is 4.79 Å². The number of amides is 2. The lowest BCUT2D eigenvalue weighted by Crippen LogP contribution is -2.42. The number of nitriles is 1. The fourth-order valence-electron chi connectivity index (χ4n) is 2.89. The largest absolute Gasteiger partial charge is 0.396 e. The van der Waals surface area contributed by atoms with E-state index in [1.165, 1.54) is 0 Å². The summed E-state index contributed by atoms with van der Waals surface area (Å²) in [6.07, 6.45) is 4.21. The first kappa shape index (κ1) is 16.3. The monoisotopic (exact) mass is 301 g/mol. The topological polar surface area (TPSA) is 76.4 Å². The molecule has 1 aliphatic carbocycles. The Balaban J connectivity index is 1.87. The quantitative estimate of drug-likeness (QED) is 0.897. The van der Waals surface area contributed by atoms with Gasteiger partial charge in [-0.15, -0.1) is 0 Å². The van der Waals surface area contributed by atoms with Crippen LogP contribution in [0.15, 0.2) is 24.3 Å². The van der Waals surface area contributed by atoms with Crippen molar-refractivity contribution in [3.05, 3.63) is 29.8 Å². The summed E-state index contributed by atoms with van der Waals surface area (Å²) in [4.78, 5) is 14.0. The lowest BCUT2D eigenvalue weighted by atomic mass is 9.86. The lowest BCUT2D eigenvalue weighted by molar-refractivity contribution is 0.139. The van der Waals surface area contributed by atoms with E-state index in [0.29, 0.717) is 12.3 Å². The second-order valence-corrected chi connectivity index (χ2v) is 5.93. The van der Waals surface area contributed by atoms with E-state index in [0.717, 1.165) is 36.9 Å². The van der Waals surface area contributed by atoms with Crippen LogP contribution in [0.4, 0.5) is 10.5 Å². The molecule has 1 fully saturated rings. The lowest BCUT2D eigenvalue weighted by Gasteiger charge is -2.34. The minimum atomic E-state index is -0.111. The molecule has 22 heavy (non-hydrogen) atoms. The first-order valence-corrected chi connectivity index (χ1v) is 7.74. The van der Waals surface area contributed by atoms with Gasteiger partial charge in [0.2, 0.25) is 0 Å². The van der Waals surface area contributed by atoms with Crippen LogP contribution >= 0.6 is 0 Å². The molecule has 2 N–H and O–H groups in total. The zero-order valence-electron chi connectivity index (χ0n) is 13.0. The van der Waals surface area contributed by atoms with Crippen LogP contribution in [0.2, 0.25) is 0 Å². The molecule has 1 aliphatic rings. The van der Waals surface area contributed by atoms with Gasteiger partial charge in [-0.2, -0.15) is 5.26 Å². The van der Waals surface area contributed by atoms with E-state index < -0.39 is 0 Å². The standard InChI is InChI=1S/C17H23N3O2/c1-20(16-8-4-14(12-21)5-9-16)17(22)19-15-6-2-13(3-7-15)10-11-18/h2-3,6-7,14,16,21H,4-5,8-10,12H2,1H3,(H,19,22). The third-order valence-electron chi connectivity index (χ3n) is 4.43. The van der Waals surface area contributed by atoms with Crippen molar-refractivity contribution in [3.63, 3.8) is 0 Å². The highest BCUT2D eigenvalue weighted by atomic mass is 16.3. The van der Waals surface area contributed by atoms with E-state index in [4.69, 9.17) is 10.4 Å². The molecule has 0 saturated heterocycles. The van der Waals surface area contributed by atoms with Crippen LogP contribution in [0, 0.1) is 17.2 Å². The van der Waals surface area contributed by atoms with Crippen molar-refractivity contribution in [2.75, 3.05) is 19.0 Å². The first-order valence-electron chi connectivity index (χ1n) is 7.74. The maximum atomic E-state index is 12.3. The molecular formula is C17H23N3O2. The summed E-state index contributed by atoms with van der Waals surface area (Å²) in [7, 11) is 1.82. The predicted octanol–water partition coefficient (Wildman–Crippen LogP) is 2.77. The molecular weight excluding hydrogens is 278 g/mol. The Morgan fingerprint density at radius 3 is 2.50 bits per heavy atom. The van der Waals surface area contributed by atoms with E-state index in [1.807, 2.05) is 31.3 Å². The molecule has 0 heterocycles. The molecule has 1 aromatic rings. The summed E-state index contributed by atoms with van der Waals surface area (Å²) >= 11 is 0. The van der Waals surface area contributed by atoms with Crippen molar-refractivity contribution in [1.29, 1.82) is 5.26 Å². The molecule has 0 spiro atoms. The van der Waals surface area contributed by atoms with Crippen molar-refractivity contribution in [1.82, 2.24) is 4.90 Å². The Hall–Kier alpha value is -2.06. The number of nitrogens with one attached hydrogen (secondary N) is 1. The van der Waals surface area contributed by atoms with E-state index in [-0.39, 0.29) is 18.7 Å². The van der Waals surface area contributed by atoms with Crippen LogP contribution in [0.3, 0.4) is 0 Å². The van der Waals surface area contributed by atoms with Crippen molar-refractivity contribution in [2.45, 2.75) is 38.1 Å². The van der Waals surface area contributed by atoms with Crippen LogP contribution in [0.5, 0.6) is 0 Å². The summed E-state index contributed by atoms with van der Waals surface area (Å²) in [6.45, 7) is 0.248. The zero-order valence-corrected chi connectivity index (χ0v) is 13.0. The van der Waals surface area contributed by atoms with Crippen molar-refractivity contribution >= 4 is 11.7 Å². The van der Waals surface area contributed by atoms with E-state index in [1.54, 1.807) is 4.90 Å². The predicted molar refractivity (Wildman–Crippen MR) is 85.4 cm³/mol. The van der Waals surface area contributed by atoms with E-state index in [2.05, 4.69) is 11.4 Å². The van der Waals surface area contributed by atoms with Gasteiger partial charge in [0.25, 0.3) is 0 Å². The smallest absolute Gasteiger partial charge is 0.321 e. The number of carbonyl (C=O) groups excluding carboxylic acids is 1. The second-order valence-electron chi connectivity index (χ2n) is 5.93. The summed E-state index contributed by atoms with van der Waals surface area (Å²) in [6, 6.07) is 9.57. The molecule has 0 aliphatic heterocycles. The number of nitrogens with zero attached hydrogens (tertiary/aromatic N) is 2. The van der Waals surface area contributed by atoms with Crippen LogP contribution in [0.25, 0.3) is 0 Å². The van der Waals surface area contributed by atoms with Gasteiger partial charge >= 0.3 is 6.03 Å². The average molecular weight is 301 g/mol. The zero-order chi connectivity index (χ0) is 15.9. The molecule has 0 bridgehead atoms. The molecule has 1 saturated carbocycles. The fourth-order valence-corrected chi connectivity index (χ4v) is 2.89. The Labute approximate surface area is 131 Å². The van der Waals surface area contributed by atoms with Gasteiger partial charge < -0.3 is 15.3 Å². The molecule has 0 aromatic heterocycles. The number of rotatable bonds is 4. The molecule has 0 unspecified atom stereocenters. The van der Waals surface area contributed by atoms with Gasteiger partial charge in [-0.1, -0.05) is 12.1 Å². The number of anilines is 1. The molecule has 2 rings (SSSR count). The number of urea groups is 1. The normalized spacial score (nSPS) is 21.0. The molecule has 1 aromatic carbocycles. The summed E-state index contributed by atoms with van der Waals surface area (Å²) in [5, 5.41) is 20.7. The fraction of sp³-hybridized carbons (Fsp3) is 0.529. The maximum absolute atomic E-state index is 12.3. The second kappa shape index (κ2) is 7.81. The van der Waals surface area contributed by atoms with Crippen molar-refractivity contribution in [2.24, 2.45) is 5.92 Å². The van der Waals surface area contributed by atoms with Gasteiger partial charge in [0, 0.05) is 25.4 Å². The Bertz CT molecular complexity index is 528. The molecule has 0 atom stereocenters. The maximum Gasteiger partial charge on any atom is 0.321 e. The van der Waals surface area contributed by atoms with E-state index >= 15 is 0 Å². The average Bonchev–Trinajstić information content (AvgIpc) is 2.56. The SMILES string of the molecule is CN(C(=O)Nc1ccc(CC#N)cc1)C1CCC(CO)CC1.